The van der Waals surface area contributed by atoms with Gasteiger partial charge in [0.25, 0.3) is 0 Å². The summed E-state index contributed by atoms with van der Waals surface area (Å²) in [6.45, 7) is 0. The Kier molecular flexibility index (Phi) is 4.45. The molecule has 0 unspecified atom stereocenters. The van der Waals surface area contributed by atoms with E-state index < -0.39 is 0 Å². The zero-order valence-corrected chi connectivity index (χ0v) is 15.4. The van der Waals surface area contributed by atoms with Gasteiger partial charge in [0.05, 0.1) is 11.9 Å². The van der Waals surface area contributed by atoms with Gasteiger partial charge in [-0.3, -0.25) is 0 Å². The van der Waals surface area contributed by atoms with Gasteiger partial charge in [-0.1, -0.05) is 5.21 Å². The molecule has 1 aromatic carbocycles. The first-order chi connectivity index (χ1) is 11.7. The number of halogens is 1. The summed E-state index contributed by atoms with van der Waals surface area (Å²) < 4.78 is 2.97. The van der Waals surface area contributed by atoms with Gasteiger partial charge >= 0.3 is 0 Å². The molecule has 1 fully saturated rings. The van der Waals surface area contributed by atoms with E-state index in [0.29, 0.717) is 12.0 Å². The van der Waals surface area contributed by atoms with Crippen LogP contribution in [0.3, 0.4) is 0 Å². The summed E-state index contributed by atoms with van der Waals surface area (Å²) >= 11 is 2.29. The number of nitrogens with two attached hydrogens (primary N) is 1. The Hall–Kier alpha value is -1.61. The molecule has 1 aliphatic carbocycles. The van der Waals surface area contributed by atoms with E-state index in [2.05, 4.69) is 50.0 Å². The molecule has 0 radical (unpaired) electrons. The van der Waals surface area contributed by atoms with Crippen LogP contribution in [0, 0.1) is 9.49 Å². The molecule has 0 saturated heterocycles. The van der Waals surface area contributed by atoms with Gasteiger partial charge in [0.1, 0.15) is 5.82 Å². The standard InChI is InChI=1S/C17H19IN6/c18-12-3-7-14(8-4-12)24-17-15(22-23-24)10-20-16(21-17)9-11-1-5-13(19)6-2-11/h3-4,7-8,10-11,13H,1-2,5-6,9,19H2. The van der Waals surface area contributed by atoms with Crippen molar-refractivity contribution >= 4 is 33.8 Å². The lowest BCUT2D eigenvalue weighted by Gasteiger charge is -2.25. The van der Waals surface area contributed by atoms with Crippen LogP contribution in [0.2, 0.25) is 0 Å². The van der Waals surface area contributed by atoms with Gasteiger partial charge in [-0.05, 0) is 78.5 Å². The van der Waals surface area contributed by atoms with Crippen molar-refractivity contribution in [2.24, 2.45) is 11.7 Å². The molecule has 0 bridgehead atoms. The predicted octanol–water partition coefficient (Wildman–Crippen LogP) is 2.88. The number of hydrogen-bond donors (Lipinski definition) is 1. The van der Waals surface area contributed by atoms with Gasteiger partial charge < -0.3 is 5.73 Å². The van der Waals surface area contributed by atoms with E-state index in [9.17, 15) is 0 Å². The molecule has 0 spiro atoms. The van der Waals surface area contributed by atoms with Crippen LogP contribution in [0.4, 0.5) is 0 Å². The minimum absolute atomic E-state index is 0.371. The second-order valence-corrected chi connectivity index (χ2v) is 7.70. The second kappa shape index (κ2) is 6.72. The van der Waals surface area contributed by atoms with Crippen molar-refractivity contribution in [2.45, 2.75) is 38.1 Å². The van der Waals surface area contributed by atoms with Crippen LogP contribution in [-0.4, -0.2) is 31.0 Å². The van der Waals surface area contributed by atoms with Gasteiger partial charge in [0.15, 0.2) is 11.2 Å². The summed E-state index contributed by atoms with van der Waals surface area (Å²) in [6, 6.07) is 8.53. The van der Waals surface area contributed by atoms with Crippen LogP contribution >= 0.6 is 22.6 Å². The van der Waals surface area contributed by atoms with Crippen molar-refractivity contribution in [3.8, 4) is 5.69 Å². The smallest absolute Gasteiger partial charge is 0.187 e. The van der Waals surface area contributed by atoms with E-state index >= 15 is 0 Å². The Morgan fingerprint density at radius 1 is 1.12 bits per heavy atom. The fraction of sp³-hybridized carbons (Fsp3) is 0.412. The van der Waals surface area contributed by atoms with E-state index in [1.165, 1.54) is 3.57 Å². The molecule has 6 nitrogen and oxygen atoms in total. The molecule has 2 aromatic heterocycles. The molecule has 2 N–H and O–H groups in total. The fourth-order valence-electron chi connectivity index (χ4n) is 3.27. The Morgan fingerprint density at radius 2 is 1.88 bits per heavy atom. The molecule has 2 heterocycles. The van der Waals surface area contributed by atoms with Gasteiger partial charge in [-0.15, -0.1) is 5.10 Å². The maximum Gasteiger partial charge on any atom is 0.187 e. The molecule has 3 aromatic rings. The average Bonchev–Trinajstić information content (AvgIpc) is 3.01. The zero-order valence-electron chi connectivity index (χ0n) is 13.3. The lowest BCUT2D eigenvalue weighted by atomic mass is 9.84. The molecule has 4 rings (SSSR count). The minimum atomic E-state index is 0.371. The molecule has 7 heteroatoms. The lowest BCUT2D eigenvalue weighted by Crippen LogP contribution is -2.27. The van der Waals surface area contributed by atoms with Crippen LogP contribution < -0.4 is 5.73 Å². The van der Waals surface area contributed by atoms with Crippen molar-refractivity contribution in [1.82, 2.24) is 25.0 Å². The third-order valence-electron chi connectivity index (χ3n) is 4.68. The van der Waals surface area contributed by atoms with Crippen LogP contribution in [0.1, 0.15) is 31.5 Å². The van der Waals surface area contributed by atoms with E-state index in [-0.39, 0.29) is 0 Å². The summed E-state index contributed by atoms with van der Waals surface area (Å²) in [7, 11) is 0. The Morgan fingerprint density at radius 3 is 2.62 bits per heavy atom. The molecule has 0 aliphatic heterocycles. The van der Waals surface area contributed by atoms with Crippen molar-refractivity contribution in [3.05, 3.63) is 39.9 Å². The molecule has 1 aliphatic rings. The zero-order chi connectivity index (χ0) is 16.5. The van der Waals surface area contributed by atoms with Gasteiger partial charge in [0, 0.05) is 16.0 Å². The summed E-state index contributed by atoms with van der Waals surface area (Å²) in [4.78, 5) is 9.22. The number of benzene rings is 1. The van der Waals surface area contributed by atoms with E-state index in [1.54, 1.807) is 10.9 Å². The monoisotopic (exact) mass is 434 g/mol. The lowest BCUT2D eigenvalue weighted by molar-refractivity contribution is 0.321. The number of hydrogen-bond acceptors (Lipinski definition) is 5. The Balaban J connectivity index is 1.62. The number of nitrogens with zero attached hydrogens (tertiary/aromatic N) is 5. The Bertz CT molecular complexity index is 836. The quantitative estimate of drug-likeness (QED) is 0.642. The molecule has 1 saturated carbocycles. The largest absolute Gasteiger partial charge is 0.328 e. The number of aromatic nitrogens is 5. The van der Waals surface area contributed by atoms with Crippen LogP contribution in [0.15, 0.2) is 30.5 Å². The molecule has 0 atom stereocenters. The minimum Gasteiger partial charge on any atom is -0.328 e. The summed E-state index contributed by atoms with van der Waals surface area (Å²) in [6.07, 6.45) is 7.22. The SMILES string of the molecule is NC1CCC(Cc2ncc3nnn(-c4ccc(I)cc4)c3n2)CC1. The van der Waals surface area contributed by atoms with Crippen molar-refractivity contribution in [2.75, 3.05) is 0 Å². The third kappa shape index (κ3) is 3.27. The molecule has 0 amide bonds. The first kappa shape index (κ1) is 15.9. The first-order valence-electron chi connectivity index (χ1n) is 8.28. The van der Waals surface area contributed by atoms with E-state index in [0.717, 1.165) is 54.8 Å². The summed E-state index contributed by atoms with van der Waals surface area (Å²) in [5.74, 6) is 1.50. The van der Waals surface area contributed by atoms with Crippen LogP contribution in [0.25, 0.3) is 16.9 Å². The molecule has 24 heavy (non-hydrogen) atoms. The topological polar surface area (TPSA) is 82.5 Å². The highest BCUT2D eigenvalue weighted by atomic mass is 127. The molecule has 124 valence electrons. The van der Waals surface area contributed by atoms with E-state index in [1.807, 2.05) is 12.1 Å². The predicted molar refractivity (Wildman–Crippen MR) is 101 cm³/mol. The van der Waals surface area contributed by atoms with Crippen LogP contribution in [-0.2, 0) is 6.42 Å². The third-order valence-corrected chi connectivity index (χ3v) is 5.40. The Labute approximate surface area is 154 Å². The fourth-order valence-corrected chi connectivity index (χ4v) is 3.63. The van der Waals surface area contributed by atoms with Crippen molar-refractivity contribution < 1.29 is 0 Å². The summed E-state index contributed by atoms with van der Waals surface area (Å²) in [5.41, 5.74) is 8.46. The molecular formula is C17H19IN6. The van der Waals surface area contributed by atoms with Gasteiger partial charge in [-0.25, -0.2) is 9.97 Å². The number of rotatable bonds is 3. The van der Waals surface area contributed by atoms with E-state index in [4.69, 9.17) is 10.7 Å². The highest BCUT2D eigenvalue weighted by molar-refractivity contribution is 14.1. The van der Waals surface area contributed by atoms with Gasteiger partial charge in [0.2, 0.25) is 0 Å². The highest BCUT2D eigenvalue weighted by Gasteiger charge is 2.20. The number of fused-ring (bicyclic) bond motifs is 1. The van der Waals surface area contributed by atoms with Crippen LogP contribution in [0.5, 0.6) is 0 Å². The second-order valence-electron chi connectivity index (χ2n) is 6.46. The first-order valence-corrected chi connectivity index (χ1v) is 9.36. The summed E-state index contributed by atoms with van der Waals surface area (Å²) in [5, 5.41) is 8.42. The van der Waals surface area contributed by atoms with Crippen molar-refractivity contribution in [1.29, 1.82) is 0 Å². The highest BCUT2D eigenvalue weighted by Crippen LogP contribution is 2.26. The maximum absolute atomic E-state index is 5.99. The normalized spacial score (nSPS) is 21.2. The molecular weight excluding hydrogens is 415 g/mol. The average molecular weight is 434 g/mol. The van der Waals surface area contributed by atoms with Gasteiger partial charge in [-0.2, -0.15) is 4.68 Å². The maximum atomic E-state index is 5.99. The van der Waals surface area contributed by atoms with Crippen molar-refractivity contribution in [3.63, 3.8) is 0 Å².